The molecule has 2 aromatic carbocycles. The van der Waals surface area contributed by atoms with Crippen molar-refractivity contribution in [2.24, 2.45) is 5.92 Å². The number of fused-ring (bicyclic) bond motifs is 2. The van der Waals surface area contributed by atoms with Crippen LogP contribution in [0.15, 0.2) is 78.2 Å². The average Bonchev–Trinajstić information content (AvgIpc) is 3.60. The molecular formula is C31H29N7OS. The van der Waals surface area contributed by atoms with E-state index in [0.717, 1.165) is 88.1 Å². The molecule has 2 aliphatic rings. The highest BCUT2D eigenvalue weighted by Gasteiger charge is 2.26. The van der Waals surface area contributed by atoms with Gasteiger partial charge in [-0.1, -0.05) is 49.2 Å². The summed E-state index contributed by atoms with van der Waals surface area (Å²) in [5.41, 5.74) is 6.21. The molecule has 1 amide bonds. The minimum Gasteiger partial charge on any atom is -0.326 e. The third kappa shape index (κ3) is 4.93. The van der Waals surface area contributed by atoms with Gasteiger partial charge in [-0.3, -0.25) is 9.78 Å². The van der Waals surface area contributed by atoms with Gasteiger partial charge >= 0.3 is 0 Å². The zero-order valence-electron chi connectivity index (χ0n) is 22.0. The van der Waals surface area contributed by atoms with Gasteiger partial charge in [0.15, 0.2) is 5.16 Å². The number of thioether (sulfide) groups is 1. The number of carbonyl (C=O) groups excluding carboxylic acids is 1. The SMILES string of the molecule is O=C(Nc1cccc(-c2nc3n(c2-c2ccnc(Nc4ccc5ncccc5c4)n2)CCS3)c1)C1CCCCC1. The number of rotatable bonds is 6. The van der Waals surface area contributed by atoms with E-state index in [2.05, 4.69) is 25.2 Å². The summed E-state index contributed by atoms with van der Waals surface area (Å²) in [6, 6.07) is 19.9. The molecule has 3 aromatic heterocycles. The Morgan fingerprint density at radius 2 is 1.82 bits per heavy atom. The summed E-state index contributed by atoms with van der Waals surface area (Å²) >= 11 is 1.75. The predicted molar refractivity (Wildman–Crippen MR) is 160 cm³/mol. The minimum absolute atomic E-state index is 0.103. The van der Waals surface area contributed by atoms with Crippen LogP contribution in [0.5, 0.6) is 0 Å². The van der Waals surface area contributed by atoms with Gasteiger partial charge in [0.2, 0.25) is 11.9 Å². The van der Waals surface area contributed by atoms with E-state index in [1.165, 1.54) is 6.42 Å². The van der Waals surface area contributed by atoms with Crippen LogP contribution in [0.25, 0.3) is 33.5 Å². The predicted octanol–water partition coefficient (Wildman–Crippen LogP) is 6.92. The van der Waals surface area contributed by atoms with Crippen molar-refractivity contribution in [3.63, 3.8) is 0 Å². The first-order valence-electron chi connectivity index (χ1n) is 13.8. The van der Waals surface area contributed by atoms with Gasteiger partial charge < -0.3 is 15.2 Å². The lowest BCUT2D eigenvalue weighted by atomic mass is 9.88. The molecule has 40 heavy (non-hydrogen) atoms. The standard InChI is InChI=1S/C31H29N7OS/c39-29(20-6-2-1-3-7-20)34-23-10-4-8-22(19-23)27-28(38-16-17-40-31(38)37-27)26-13-15-33-30(36-26)35-24-11-12-25-21(18-24)9-5-14-32-25/h4-5,8-15,18-20H,1-3,6-7,16-17H2,(H,34,39)(H,33,35,36). The van der Waals surface area contributed by atoms with Crippen molar-refractivity contribution in [3.8, 4) is 22.6 Å². The van der Waals surface area contributed by atoms with E-state index >= 15 is 0 Å². The number of pyridine rings is 1. The molecule has 0 atom stereocenters. The number of amides is 1. The Morgan fingerprint density at radius 3 is 2.75 bits per heavy atom. The number of nitrogens with one attached hydrogen (secondary N) is 2. The third-order valence-electron chi connectivity index (χ3n) is 7.62. The van der Waals surface area contributed by atoms with Crippen LogP contribution < -0.4 is 10.6 Å². The Morgan fingerprint density at radius 1 is 0.900 bits per heavy atom. The van der Waals surface area contributed by atoms with Crippen molar-refractivity contribution >= 4 is 45.9 Å². The lowest BCUT2D eigenvalue weighted by Gasteiger charge is -2.20. The second-order valence-electron chi connectivity index (χ2n) is 10.3. The largest absolute Gasteiger partial charge is 0.326 e. The molecule has 200 valence electrons. The van der Waals surface area contributed by atoms with E-state index in [4.69, 9.17) is 9.97 Å². The van der Waals surface area contributed by atoms with Gasteiger partial charge in [0.1, 0.15) is 0 Å². The van der Waals surface area contributed by atoms with Crippen molar-refractivity contribution in [3.05, 3.63) is 73.1 Å². The second kappa shape index (κ2) is 10.7. The van der Waals surface area contributed by atoms with Gasteiger partial charge in [-0.05, 0) is 55.3 Å². The highest BCUT2D eigenvalue weighted by molar-refractivity contribution is 7.99. The molecule has 1 aliphatic heterocycles. The molecule has 1 saturated carbocycles. The molecular weight excluding hydrogens is 518 g/mol. The molecule has 2 N–H and O–H groups in total. The highest BCUT2D eigenvalue weighted by Crippen LogP contribution is 2.39. The summed E-state index contributed by atoms with van der Waals surface area (Å²) in [5.74, 6) is 1.72. The Labute approximate surface area is 236 Å². The first kappa shape index (κ1) is 24.8. The van der Waals surface area contributed by atoms with Crippen LogP contribution in [0.4, 0.5) is 17.3 Å². The number of anilines is 3. The fourth-order valence-electron chi connectivity index (χ4n) is 5.63. The van der Waals surface area contributed by atoms with Crippen molar-refractivity contribution in [1.82, 2.24) is 24.5 Å². The number of imidazole rings is 1. The topological polar surface area (TPSA) is 97.6 Å². The zero-order valence-corrected chi connectivity index (χ0v) is 22.8. The lowest BCUT2D eigenvalue weighted by molar-refractivity contribution is -0.120. The van der Waals surface area contributed by atoms with Gasteiger partial charge in [0, 0.05) is 52.9 Å². The van der Waals surface area contributed by atoms with Crippen molar-refractivity contribution in [1.29, 1.82) is 0 Å². The first-order valence-corrected chi connectivity index (χ1v) is 14.8. The van der Waals surface area contributed by atoms with E-state index in [0.29, 0.717) is 5.95 Å². The van der Waals surface area contributed by atoms with Crippen LogP contribution in [0.1, 0.15) is 32.1 Å². The minimum atomic E-state index is 0.103. The number of carbonyl (C=O) groups is 1. The molecule has 0 bridgehead atoms. The monoisotopic (exact) mass is 547 g/mol. The van der Waals surface area contributed by atoms with E-state index in [9.17, 15) is 4.79 Å². The van der Waals surface area contributed by atoms with Gasteiger partial charge in [-0.2, -0.15) is 0 Å². The smallest absolute Gasteiger partial charge is 0.227 e. The fraction of sp³-hybridized carbons (Fsp3) is 0.258. The van der Waals surface area contributed by atoms with E-state index in [1.807, 2.05) is 60.7 Å². The molecule has 4 heterocycles. The quantitative estimate of drug-likeness (QED) is 0.238. The molecule has 0 saturated heterocycles. The summed E-state index contributed by atoms with van der Waals surface area (Å²) < 4.78 is 2.24. The van der Waals surface area contributed by atoms with Crippen molar-refractivity contribution < 1.29 is 4.79 Å². The highest BCUT2D eigenvalue weighted by atomic mass is 32.2. The molecule has 8 nitrogen and oxygen atoms in total. The van der Waals surface area contributed by atoms with E-state index in [-0.39, 0.29) is 11.8 Å². The van der Waals surface area contributed by atoms with E-state index < -0.39 is 0 Å². The first-order chi connectivity index (χ1) is 19.7. The van der Waals surface area contributed by atoms with Crippen molar-refractivity contribution in [2.75, 3.05) is 16.4 Å². The number of hydrogen-bond acceptors (Lipinski definition) is 7. The lowest BCUT2D eigenvalue weighted by Crippen LogP contribution is -2.24. The molecule has 1 aliphatic carbocycles. The summed E-state index contributed by atoms with van der Waals surface area (Å²) in [4.78, 5) is 31.7. The summed E-state index contributed by atoms with van der Waals surface area (Å²) in [6.07, 6.45) is 9.01. The summed E-state index contributed by atoms with van der Waals surface area (Å²) in [6.45, 7) is 0.866. The number of aromatic nitrogens is 5. The number of benzene rings is 2. The van der Waals surface area contributed by atoms with Gasteiger partial charge in [-0.15, -0.1) is 0 Å². The Bertz CT molecular complexity index is 1710. The number of hydrogen-bond donors (Lipinski definition) is 2. The normalized spacial score (nSPS) is 15.2. The van der Waals surface area contributed by atoms with E-state index in [1.54, 1.807) is 24.2 Å². The van der Waals surface area contributed by atoms with Crippen LogP contribution in [0, 0.1) is 5.92 Å². The maximum absolute atomic E-state index is 12.9. The Balaban J connectivity index is 1.20. The van der Waals surface area contributed by atoms with Crippen LogP contribution >= 0.6 is 11.8 Å². The zero-order chi connectivity index (χ0) is 26.9. The molecule has 0 unspecified atom stereocenters. The molecule has 9 heteroatoms. The van der Waals surface area contributed by atoms with Crippen LogP contribution in [0.3, 0.4) is 0 Å². The Kier molecular flexibility index (Phi) is 6.65. The molecule has 1 fully saturated rings. The molecule has 0 spiro atoms. The molecule has 0 radical (unpaired) electrons. The third-order valence-corrected chi connectivity index (χ3v) is 8.57. The fourth-order valence-corrected chi connectivity index (χ4v) is 6.58. The molecule has 7 rings (SSSR count). The van der Waals surface area contributed by atoms with Gasteiger partial charge in [0.25, 0.3) is 0 Å². The average molecular weight is 548 g/mol. The number of nitrogens with zero attached hydrogens (tertiary/aromatic N) is 5. The second-order valence-corrected chi connectivity index (χ2v) is 11.4. The maximum atomic E-state index is 12.9. The van der Waals surface area contributed by atoms with Gasteiger partial charge in [0.05, 0.1) is 22.6 Å². The maximum Gasteiger partial charge on any atom is 0.227 e. The van der Waals surface area contributed by atoms with Crippen molar-refractivity contribution in [2.45, 2.75) is 43.8 Å². The van der Waals surface area contributed by atoms with Crippen LogP contribution in [0.2, 0.25) is 0 Å². The van der Waals surface area contributed by atoms with Gasteiger partial charge in [-0.25, -0.2) is 15.0 Å². The summed E-state index contributed by atoms with van der Waals surface area (Å²) in [5, 5.41) is 8.55. The summed E-state index contributed by atoms with van der Waals surface area (Å²) in [7, 11) is 0. The van der Waals surface area contributed by atoms with Crippen LogP contribution in [-0.4, -0.2) is 36.2 Å². The molecule has 5 aromatic rings. The van der Waals surface area contributed by atoms with Crippen LogP contribution in [-0.2, 0) is 11.3 Å². The Hall–Kier alpha value is -4.24.